The van der Waals surface area contributed by atoms with Crippen LogP contribution in [0.25, 0.3) is 0 Å². The fourth-order valence-electron chi connectivity index (χ4n) is 1.38. The van der Waals surface area contributed by atoms with Crippen LogP contribution in [0.3, 0.4) is 0 Å². The SMILES string of the molecule is CCN(Cc1cnc[nH]1)c1nccc(Cl)n1. The third-order valence-electron chi connectivity index (χ3n) is 2.19. The van der Waals surface area contributed by atoms with Crippen molar-refractivity contribution >= 4 is 17.5 Å². The van der Waals surface area contributed by atoms with E-state index in [1.165, 1.54) is 0 Å². The minimum absolute atomic E-state index is 0.452. The summed E-state index contributed by atoms with van der Waals surface area (Å²) >= 11 is 5.83. The quantitative estimate of drug-likeness (QED) is 0.825. The molecule has 0 saturated heterocycles. The zero-order valence-corrected chi connectivity index (χ0v) is 9.65. The van der Waals surface area contributed by atoms with E-state index in [4.69, 9.17) is 11.6 Å². The third kappa shape index (κ3) is 2.49. The van der Waals surface area contributed by atoms with E-state index in [0.29, 0.717) is 17.6 Å². The number of H-pyrrole nitrogens is 1. The lowest BCUT2D eigenvalue weighted by atomic mass is 10.4. The van der Waals surface area contributed by atoms with Gasteiger partial charge in [0.2, 0.25) is 5.95 Å². The van der Waals surface area contributed by atoms with E-state index in [1.807, 2.05) is 11.8 Å². The first-order chi connectivity index (χ1) is 7.79. The molecule has 2 aromatic heterocycles. The molecule has 2 aromatic rings. The Hall–Kier alpha value is -1.62. The van der Waals surface area contributed by atoms with Gasteiger partial charge in [0.1, 0.15) is 5.15 Å². The molecule has 0 amide bonds. The van der Waals surface area contributed by atoms with Crippen LogP contribution in [0.4, 0.5) is 5.95 Å². The Kier molecular flexibility index (Phi) is 3.36. The van der Waals surface area contributed by atoms with Crippen LogP contribution in [-0.4, -0.2) is 26.5 Å². The highest BCUT2D eigenvalue weighted by Crippen LogP contribution is 2.12. The summed E-state index contributed by atoms with van der Waals surface area (Å²) in [6.45, 7) is 3.54. The maximum absolute atomic E-state index is 5.83. The minimum Gasteiger partial charge on any atom is -0.347 e. The van der Waals surface area contributed by atoms with Crippen molar-refractivity contribution in [3.05, 3.63) is 35.6 Å². The van der Waals surface area contributed by atoms with Crippen LogP contribution < -0.4 is 4.90 Å². The molecular formula is C10H12ClN5. The predicted octanol–water partition coefficient (Wildman–Crippen LogP) is 1.88. The van der Waals surface area contributed by atoms with E-state index in [-0.39, 0.29) is 0 Å². The molecule has 1 N–H and O–H groups in total. The van der Waals surface area contributed by atoms with Gasteiger partial charge in [-0.15, -0.1) is 0 Å². The van der Waals surface area contributed by atoms with E-state index in [2.05, 4.69) is 19.9 Å². The number of nitrogens with one attached hydrogen (secondary N) is 1. The van der Waals surface area contributed by atoms with Crippen molar-refractivity contribution in [2.24, 2.45) is 0 Å². The molecule has 0 unspecified atom stereocenters. The van der Waals surface area contributed by atoms with Gasteiger partial charge in [0.05, 0.1) is 18.6 Å². The maximum Gasteiger partial charge on any atom is 0.227 e. The second-order valence-corrected chi connectivity index (χ2v) is 3.66. The summed E-state index contributed by atoms with van der Waals surface area (Å²) in [5.74, 6) is 0.629. The van der Waals surface area contributed by atoms with Crippen LogP contribution in [0.15, 0.2) is 24.8 Å². The molecule has 0 saturated carbocycles. The molecule has 2 rings (SSSR count). The van der Waals surface area contributed by atoms with E-state index in [1.54, 1.807) is 24.8 Å². The Balaban J connectivity index is 2.16. The first-order valence-corrected chi connectivity index (χ1v) is 5.38. The zero-order chi connectivity index (χ0) is 11.4. The highest BCUT2D eigenvalue weighted by Gasteiger charge is 2.09. The normalized spacial score (nSPS) is 10.4. The fraction of sp³-hybridized carbons (Fsp3) is 0.300. The van der Waals surface area contributed by atoms with E-state index in [0.717, 1.165) is 12.2 Å². The molecule has 0 atom stereocenters. The standard InChI is InChI=1S/C10H12ClN5/c1-2-16(6-8-5-12-7-14-8)10-13-4-3-9(11)15-10/h3-5,7H,2,6H2,1H3,(H,12,14). The largest absolute Gasteiger partial charge is 0.347 e. The summed E-state index contributed by atoms with van der Waals surface area (Å²) in [4.78, 5) is 17.4. The Morgan fingerprint density at radius 1 is 1.50 bits per heavy atom. The number of imidazole rings is 1. The third-order valence-corrected chi connectivity index (χ3v) is 2.40. The fourth-order valence-corrected chi connectivity index (χ4v) is 1.51. The number of rotatable bonds is 4. The van der Waals surface area contributed by atoms with Crippen LogP contribution in [0, 0.1) is 0 Å². The molecule has 2 heterocycles. The first kappa shape index (κ1) is 10.9. The van der Waals surface area contributed by atoms with Gasteiger partial charge in [-0.3, -0.25) is 0 Å². The van der Waals surface area contributed by atoms with Gasteiger partial charge in [0.15, 0.2) is 0 Å². The molecule has 0 spiro atoms. The first-order valence-electron chi connectivity index (χ1n) is 5.00. The molecular weight excluding hydrogens is 226 g/mol. The average molecular weight is 238 g/mol. The van der Waals surface area contributed by atoms with Gasteiger partial charge in [-0.05, 0) is 13.0 Å². The van der Waals surface area contributed by atoms with Gasteiger partial charge >= 0.3 is 0 Å². The van der Waals surface area contributed by atoms with Crippen LogP contribution in [0.2, 0.25) is 5.15 Å². The summed E-state index contributed by atoms with van der Waals surface area (Å²) in [6, 6.07) is 1.66. The molecule has 6 heteroatoms. The second-order valence-electron chi connectivity index (χ2n) is 3.27. The summed E-state index contributed by atoms with van der Waals surface area (Å²) < 4.78 is 0. The molecule has 0 bridgehead atoms. The molecule has 0 radical (unpaired) electrons. The monoisotopic (exact) mass is 237 g/mol. The van der Waals surface area contributed by atoms with Crippen molar-refractivity contribution in [2.75, 3.05) is 11.4 Å². The highest BCUT2D eigenvalue weighted by atomic mass is 35.5. The topological polar surface area (TPSA) is 57.7 Å². The average Bonchev–Trinajstić information content (AvgIpc) is 2.78. The van der Waals surface area contributed by atoms with Gasteiger partial charge in [0.25, 0.3) is 0 Å². The maximum atomic E-state index is 5.83. The highest BCUT2D eigenvalue weighted by molar-refractivity contribution is 6.29. The summed E-state index contributed by atoms with van der Waals surface area (Å²) in [5.41, 5.74) is 1.02. The molecule has 0 aliphatic carbocycles. The van der Waals surface area contributed by atoms with Gasteiger partial charge in [0, 0.05) is 18.9 Å². The van der Waals surface area contributed by atoms with Crippen molar-refractivity contribution < 1.29 is 0 Å². The summed E-state index contributed by atoms with van der Waals surface area (Å²) in [5, 5.41) is 0.452. The van der Waals surface area contributed by atoms with Gasteiger partial charge in [-0.2, -0.15) is 0 Å². The molecule has 0 aromatic carbocycles. The molecule has 0 aliphatic heterocycles. The number of hydrogen-bond acceptors (Lipinski definition) is 4. The molecule has 0 aliphatic rings. The smallest absolute Gasteiger partial charge is 0.227 e. The van der Waals surface area contributed by atoms with Crippen LogP contribution in [-0.2, 0) is 6.54 Å². The van der Waals surface area contributed by atoms with Crippen LogP contribution in [0.1, 0.15) is 12.6 Å². The lowest BCUT2D eigenvalue weighted by Gasteiger charge is -2.19. The van der Waals surface area contributed by atoms with Gasteiger partial charge < -0.3 is 9.88 Å². The number of hydrogen-bond donors (Lipinski definition) is 1. The minimum atomic E-state index is 0.452. The molecule has 0 fully saturated rings. The van der Waals surface area contributed by atoms with E-state index in [9.17, 15) is 0 Å². The van der Waals surface area contributed by atoms with E-state index < -0.39 is 0 Å². The van der Waals surface area contributed by atoms with Crippen molar-refractivity contribution in [3.63, 3.8) is 0 Å². The predicted molar refractivity (Wildman–Crippen MR) is 62.4 cm³/mol. The second kappa shape index (κ2) is 4.94. The van der Waals surface area contributed by atoms with Crippen LogP contribution >= 0.6 is 11.6 Å². The molecule has 5 nitrogen and oxygen atoms in total. The van der Waals surface area contributed by atoms with Crippen molar-refractivity contribution in [1.82, 2.24) is 19.9 Å². The Bertz CT molecular complexity index is 442. The number of nitrogens with zero attached hydrogens (tertiary/aromatic N) is 4. The molecule has 16 heavy (non-hydrogen) atoms. The van der Waals surface area contributed by atoms with E-state index >= 15 is 0 Å². The summed E-state index contributed by atoms with van der Waals surface area (Å²) in [6.07, 6.45) is 5.09. The van der Waals surface area contributed by atoms with Crippen molar-refractivity contribution in [1.29, 1.82) is 0 Å². The number of halogens is 1. The Morgan fingerprint density at radius 2 is 2.38 bits per heavy atom. The Labute approximate surface area is 98.5 Å². The number of anilines is 1. The number of aromatic nitrogens is 4. The summed E-state index contributed by atoms with van der Waals surface area (Å²) in [7, 11) is 0. The van der Waals surface area contributed by atoms with Crippen molar-refractivity contribution in [2.45, 2.75) is 13.5 Å². The van der Waals surface area contributed by atoms with Crippen LogP contribution in [0.5, 0.6) is 0 Å². The lowest BCUT2D eigenvalue weighted by molar-refractivity contribution is 0.778. The van der Waals surface area contributed by atoms with Gasteiger partial charge in [-0.1, -0.05) is 11.6 Å². The van der Waals surface area contributed by atoms with Crippen molar-refractivity contribution in [3.8, 4) is 0 Å². The molecule has 84 valence electrons. The van der Waals surface area contributed by atoms with Gasteiger partial charge in [-0.25, -0.2) is 15.0 Å². The Morgan fingerprint density at radius 3 is 3.00 bits per heavy atom. The lowest BCUT2D eigenvalue weighted by Crippen LogP contribution is -2.24. The number of aromatic amines is 1. The zero-order valence-electron chi connectivity index (χ0n) is 8.89.